The first-order valence-corrected chi connectivity index (χ1v) is 6.62. The SMILES string of the molecule is CC(C)OCCCCOc1ccc(C(C)C#CO)o1. The second kappa shape index (κ2) is 8.49. The monoisotopic (exact) mass is 266 g/mol. The maximum absolute atomic E-state index is 8.52. The highest BCUT2D eigenvalue weighted by atomic mass is 16.6. The molecule has 1 heterocycles. The summed E-state index contributed by atoms with van der Waals surface area (Å²) in [4.78, 5) is 0. The summed E-state index contributed by atoms with van der Waals surface area (Å²) in [5.74, 6) is 3.66. The number of furan rings is 1. The van der Waals surface area contributed by atoms with E-state index in [9.17, 15) is 0 Å². The van der Waals surface area contributed by atoms with Crippen LogP contribution in [-0.4, -0.2) is 24.4 Å². The molecule has 0 spiro atoms. The van der Waals surface area contributed by atoms with Crippen LogP contribution in [0.3, 0.4) is 0 Å². The summed E-state index contributed by atoms with van der Waals surface area (Å²) in [5, 5.41) is 8.52. The van der Waals surface area contributed by atoms with Crippen LogP contribution in [0.2, 0.25) is 0 Å². The van der Waals surface area contributed by atoms with Gasteiger partial charge in [0.15, 0.2) is 0 Å². The third-order valence-corrected chi connectivity index (χ3v) is 2.54. The Balaban J connectivity index is 2.21. The highest BCUT2D eigenvalue weighted by molar-refractivity contribution is 5.21. The first-order chi connectivity index (χ1) is 9.13. The van der Waals surface area contributed by atoms with Gasteiger partial charge in [-0.25, -0.2) is 0 Å². The number of aliphatic hydroxyl groups excluding tert-OH is 1. The Kier molecular flexibility index (Phi) is 6.91. The minimum atomic E-state index is -0.137. The molecular formula is C15H22O4. The van der Waals surface area contributed by atoms with E-state index in [4.69, 9.17) is 19.0 Å². The second-order valence-corrected chi connectivity index (χ2v) is 4.61. The molecule has 1 atom stereocenters. The Bertz CT molecular complexity index is 411. The first-order valence-electron chi connectivity index (χ1n) is 6.62. The van der Waals surface area contributed by atoms with Gasteiger partial charge < -0.3 is 19.0 Å². The van der Waals surface area contributed by atoms with Gasteiger partial charge in [0, 0.05) is 12.7 Å². The summed E-state index contributed by atoms with van der Waals surface area (Å²) in [6.45, 7) is 7.27. The Labute approximate surface area is 114 Å². The summed E-state index contributed by atoms with van der Waals surface area (Å²) < 4.78 is 16.4. The van der Waals surface area contributed by atoms with Crippen LogP contribution in [0.15, 0.2) is 16.5 Å². The number of hydrogen-bond donors (Lipinski definition) is 1. The molecule has 1 unspecified atom stereocenters. The highest BCUT2D eigenvalue weighted by Crippen LogP contribution is 2.22. The molecule has 0 amide bonds. The van der Waals surface area contributed by atoms with Gasteiger partial charge in [-0.2, -0.15) is 0 Å². The topological polar surface area (TPSA) is 51.8 Å². The number of ether oxygens (including phenoxy) is 2. The van der Waals surface area contributed by atoms with Crippen molar-refractivity contribution in [2.24, 2.45) is 0 Å². The van der Waals surface area contributed by atoms with Crippen LogP contribution in [0, 0.1) is 12.0 Å². The van der Waals surface area contributed by atoms with Crippen LogP contribution in [0.1, 0.15) is 45.3 Å². The van der Waals surface area contributed by atoms with Crippen LogP contribution >= 0.6 is 0 Å². The summed E-state index contributed by atoms with van der Waals surface area (Å²) in [7, 11) is 0. The highest BCUT2D eigenvalue weighted by Gasteiger charge is 2.08. The van der Waals surface area contributed by atoms with E-state index in [2.05, 4.69) is 5.92 Å². The van der Waals surface area contributed by atoms with Crippen molar-refractivity contribution in [3.05, 3.63) is 17.9 Å². The van der Waals surface area contributed by atoms with Crippen molar-refractivity contribution in [3.63, 3.8) is 0 Å². The van der Waals surface area contributed by atoms with Crippen molar-refractivity contribution in [1.82, 2.24) is 0 Å². The van der Waals surface area contributed by atoms with Gasteiger partial charge in [-0.05, 0) is 45.6 Å². The van der Waals surface area contributed by atoms with E-state index in [1.165, 1.54) is 0 Å². The molecule has 0 aliphatic heterocycles. The van der Waals surface area contributed by atoms with Crippen LogP contribution < -0.4 is 4.74 Å². The number of aliphatic hydroxyl groups is 1. The molecule has 4 nitrogen and oxygen atoms in total. The average molecular weight is 266 g/mol. The first kappa shape index (κ1) is 15.5. The molecule has 0 aromatic carbocycles. The van der Waals surface area contributed by atoms with Gasteiger partial charge in [-0.1, -0.05) is 0 Å². The number of hydrogen-bond acceptors (Lipinski definition) is 4. The number of rotatable bonds is 8. The fourth-order valence-corrected chi connectivity index (χ4v) is 1.51. The Morgan fingerprint density at radius 3 is 2.63 bits per heavy atom. The molecule has 19 heavy (non-hydrogen) atoms. The second-order valence-electron chi connectivity index (χ2n) is 4.61. The Hall–Kier alpha value is -1.60. The Morgan fingerprint density at radius 2 is 1.95 bits per heavy atom. The maximum atomic E-state index is 8.52. The molecule has 0 fully saturated rings. The quantitative estimate of drug-likeness (QED) is 0.579. The van der Waals surface area contributed by atoms with Crippen LogP contribution in [-0.2, 0) is 4.74 Å². The standard InChI is InChI=1S/C15H22O4/c1-12(2)17-10-4-5-11-18-15-7-6-14(19-15)13(3)8-9-16/h6-7,12-13,16H,4-5,10-11H2,1-3H3. The van der Waals surface area contributed by atoms with Crippen LogP contribution in [0.25, 0.3) is 0 Å². The minimum absolute atomic E-state index is 0.137. The van der Waals surface area contributed by atoms with E-state index in [0.717, 1.165) is 19.4 Å². The van der Waals surface area contributed by atoms with Crippen molar-refractivity contribution in [2.75, 3.05) is 13.2 Å². The van der Waals surface area contributed by atoms with E-state index in [1.807, 2.05) is 32.9 Å². The smallest absolute Gasteiger partial charge is 0.284 e. The van der Waals surface area contributed by atoms with Crippen molar-refractivity contribution in [3.8, 4) is 18.0 Å². The molecule has 0 aliphatic carbocycles. The molecule has 0 aliphatic rings. The van der Waals surface area contributed by atoms with Gasteiger partial charge in [0.25, 0.3) is 5.95 Å². The van der Waals surface area contributed by atoms with Crippen molar-refractivity contribution < 1.29 is 19.0 Å². The van der Waals surface area contributed by atoms with Crippen molar-refractivity contribution >= 4 is 0 Å². The molecule has 1 N–H and O–H groups in total. The third-order valence-electron chi connectivity index (χ3n) is 2.54. The van der Waals surface area contributed by atoms with E-state index in [1.54, 1.807) is 6.07 Å². The van der Waals surface area contributed by atoms with Gasteiger partial charge >= 0.3 is 0 Å². The lowest BCUT2D eigenvalue weighted by molar-refractivity contribution is 0.0730. The lowest BCUT2D eigenvalue weighted by Crippen LogP contribution is -2.05. The molecule has 0 radical (unpaired) electrons. The molecule has 0 saturated carbocycles. The summed E-state index contributed by atoms with van der Waals surface area (Å²) in [6.07, 6.45) is 4.06. The van der Waals surface area contributed by atoms with E-state index in [0.29, 0.717) is 18.3 Å². The van der Waals surface area contributed by atoms with Gasteiger partial charge in [-0.3, -0.25) is 0 Å². The molecule has 1 rings (SSSR count). The molecule has 1 aromatic rings. The lowest BCUT2D eigenvalue weighted by Gasteiger charge is -2.07. The van der Waals surface area contributed by atoms with Crippen LogP contribution in [0.4, 0.5) is 0 Å². The third kappa shape index (κ3) is 6.21. The molecule has 0 bridgehead atoms. The van der Waals surface area contributed by atoms with E-state index in [-0.39, 0.29) is 12.0 Å². The summed E-state index contributed by atoms with van der Waals surface area (Å²) in [5.41, 5.74) is 0. The van der Waals surface area contributed by atoms with Gasteiger partial charge in [0.2, 0.25) is 0 Å². The maximum Gasteiger partial charge on any atom is 0.284 e. The fourth-order valence-electron chi connectivity index (χ4n) is 1.51. The van der Waals surface area contributed by atoms with E-state index >= 15 is 0 Å². The zero-order valence-corrected chi connectivity index (χ0v) is 11.8. The Morgan fingerprint density at radius 1 is 1.21 bits per heavy atom. The fraction of sp³-hybridized carbons (Fsp3) is 0.600. The molecule has 0 saturated heterocycles. The zero-order chi connectivity index (χ0) is 14.1. The van der Waals surface area contributed by atoms with Gasteiger partial charge in [0.1, 0.15) is 11.9 Å². The molecular weight excluding hydrogens is 244 g/mol. The van der Waals surface area contributed by atoms with Crippen LogP contribution in [0.5, 0.6) is 5.95 Å². The molecule has 4 heteroatoms. The molecule has 1 aromatic heterocycles. The summed E-state index contributed by atoms with van der Waals surface area (Å²) >= 11 is 0. The van der Waals surface area contributed by atoms with Gasteiger partial charge in [0.05, 0.1) is 18.6 Å². The lowest BCUT2D eigenvalue weighted by atomic mass is 10.1. The number of unbranched alkanes of at least 4 members (excludes halogenated alkanes) is 1. The van der Waals surface area contributed by atoms with Crippen molar-refractivity contribution in [1.29, 1.82) is 0 Å². The average Bonchev–Trinajstić information content (AvgIpc) is 2.82. The van der Waals surface area contributed by atoms with E-state index < -0.39 is 0 Å². The van der Waals surface area contributed by atoms with Gasteiger partial charge in [-0.15, -0.1) is 0 Å². The minimum Gasteiger partial charge on any atom is -0.465 e. The summed E-state index contributed by atoms with van der Waals surface area (Å²) in [6, 6.07) is 3.59. The van der Waals surface area contributed by atoms with Crippen molar-refractivity contribution in [2.45, 2.75) is 45.6 Å². The largest absolute Gasteiger partial charge is 0.465 e. The predicted octanol–water partition coefficient (Wildman–Crippen LogP) is 3.30. The molecule has 106 valence electrons. The zero-order valence-electron chi connectivity index (χ0n) is 11.8. The predicted molar refractivity (Wildman–Crippen MR) is 72.7 cm³/mol. The normalized spacial score (nSPS) is 12.0.